The third-order valence-electron chi connectivity index (χ3n) is 5.29. The highest BCUT2D eigenvalue weighted by Gasteiger charge is 2.30. The molecule has 4 nitrogen and oxygen atoms in total. The van der Waals surface area contributed by atoms with Gasteiger partial charge in [-0.05, 0) is 24.3 Å². The smallest absolute Gasteiger partial charge is 0.214 e. The minimum atomic E-state index is -0.363. The van der Waals surface area contributed by atoms with E-state index >= 15 is 0 Å². The van der Waals surface area contributed by atoms with Gasteiger partial charge < -0.3 is 4.90 Å². The van der Waals surface area contributed by atoms with E-state index in [9.17, 15) is 4.79 Å². The lowest BCUT2D eigenvalue weighted by Gasteiger charge is -2.32. The molecule has 0 spiro atoms. The Kier molecular flexibility index (Phi) is 4.69. The van der Waals surface area contributed by atoms with E-state index in [4.69, 9.17) is 16.7 Å². The third kappa shape index (κ3) is 3.11. The number of carbonyl (C=O) groups is 1. The van der Waals surface area contributed by atoms with Crippen molar-refractivity contribution in [2.75, 3.05) is 4.90 Å². The van der Waals surface area contributed by atoms with E-state index in [1.54, 1.807) is 4.90 Å². The summed E-state index contributed by atoms with van der Waals surface area (Å²) in [5, 5.41) is 5.50. The van der Waals surface area contributed by atoms with Crippen molar-refractivity contribution in [1.29, 1.82) is 0 Å². The second kappa shape index (κ2) is 7.65. The van der Waals surface area contributed by atoms with E-state index in [1.807, 2.05) is 102 Å². The van der Waals surface area contributed by atoms with Crippen molar-refractivity contribution in [2.45, 2.75) is 6.04 Å². The van der Waals surface area contributed by atoms with E-state index in [0.29, 0.717) is 5.03 Å². The number of halogens is 1. The molecule has 1 aliphatic rings. The molecule has 0 fully saturated rings. The van der Waals surface area contributed by atoms with Crippen LogP contribution in [0.1, 0.15) is 17.2 Å². The molecule has 5 heteroatoms. The maximum atomic E-state index is 12.2. The van der Waals surface area contributed by atoms with Gasteiger partial charge in [-0.2, -0.15) is 5.10 Å². The highest BCUT2D eigenvalue weighted by atomic mass is 35.5. The fourth-order valence-electron chi connectivity index (χ4n) is 3.86. The van der Waals surface area contributed by atoms with Crippen LogP contribution in [-0.4, -0.2) is 16.2 Å². The summed E-state index contributed by atoms with van der Waals surface area (Å²) in [6.07, 6.45) is 4.75. The molecule has 1 amide bonds. The fourth-order valence-corrected chi connectivity index (χ4v) is 4.14. The number of fused-ring (bicyclic) bond motifs is 1. The van der Waals surface area contributed by atoms with Crippen LogP contribution >= 0.6 is 11.6 Å². The average Bonchev–Trinajstić information content (AvgIpc) is 3.26. The third-order valence-corrected chi connectivity index (χ3v) is 5.62. The molecule has 30 heavy (non-hydrogen) atoms. The van der Waals surface area contributed by atoms with Crippen molar-refractivity contribution >= 4 is 28.7 Å². The van der Waals surface area contributed by atoms with Crippen molar-refractivity contribution in [1.82, 2.24) is 9.78 Å². The Balaban J connectivity index is 1.71. The standard InChI is InChI=1S/C25H18ClN3O/c26-22-15-24(28(17-30)23-14-8-7-13-20(22)23)21-16-29(19-11-5-2-6-12-19)27-25(21)18-9-3-1-4-10-18/h1-17,24H. The van der Waals surface area contributed by atoms with Crippen molar-refractivity contribution < 1.29 is 4.79 Å². The first-order valence-corrected chi connectivity index (χ1v) is 10.0. The van der Waals surface area contributed by atoms with Crippen molar-refractivity contribution in [3.05, 3.63) is 108 Å². The topological polar surface area (TPSA) is 38.1 Å². The van der Waals surface area contributed by atoms with Gasteiger partial charge in [0.2, 0.25) is 6.41 Å². The molecule has 5 rings (SSSR count). The van der Waals surface area contributed by atoms with E-state index in [0.717, 1.165) is 40.2 Å². The van der Waals surface area contributed by atoms with Gasteiger partial charge in [0, 0.05) is 27.9 Å². The molecule has 0 saturated heterocycles. The number of benzene rings is 3. The largest absolute Gasteiger partial charge is 0.303 e. The number of aromatic nitrogens is 2. The number of nitrogens with zero attached hydrogens (tertiary/aromatic N) is 3. The number of carbonyl (C=O) groups excluding carboxylic acids is 1. The molecule has 4 aromatic rings. The summed E-state index contributed by atoms with van der Waals surface area (Å²) in [6.45, 7) is 0. The Morgan fingerprint density at radius 3 is 2.27 bits per heavy atom. The molecular weight excluding hydrogens is 394 g/mol. The fraction of sp³-hybridized carbons (Fsp3) is 0.0400. The molecule has 2 heterocycles. The van der Waals surface area contributed by atoms with Crippen LogP contribution in [0.4, 0.5) is 5.69 Å². The molecule has 1 aliphatic heterocycles. The second-order valence-corrected chi connectivity index (χ2v) is 7.48. The number of hydrogen-bond donors (Lipinski definition) is 0. The number of para-hydroxylation sites is 2. The molecule has 0 N–H and O–H groups in total. The lowest BCUT2D eigenvalue weighted by Crippen LogP contribution is -2.29. The second-order valence-electron chi connectivity index (χ2n) is 7.07. The first-order valence-electron chi connectivity index (χ1n) is 9.67. The summed E-state index contributed by atoms with van der Waals surface area (Å²) in [5.41, 5.74) is 5.29. The van der Waals surface area contributed by atoms with Gasteiger partial charge in [0.25, 0.3) is 0 Å². The first-order chi connectivity index (χ1) is 14.8. The molecule has 0 radical (unpaired) electrons. The average molecular weight is 412 g/mol. The van der Waals surface area contributed by atoms with Crippen LogP contribution in [-0.2, 0) is 4.79 Å². The van der Waals surface area contributed by atoms with Crippen LogP contribution < -0.4 is 4.90 Å². The molecule has 0 aliphatic carbocycles. The molecule has 3 aromatic carbocycles. The lowest BCUT2D eigenvalue weighted by atomic mass is 9.96. The Morgan fingerprint density at radius 2 is 1.53 bits per heavy atom. The van der Waals surface area contributed by atoms with Gasteiger partial charge in [-0.1, -0.05) is 78.3 Å². The van der Waals surface area contributed by atoms with Crippen molar-refractivity contribution in [3.63, 3.8) is 0 Å². The first kappa shape index (κ1) is 18.4. The Hall–Kier alpha value is -3.63. The van der Waals surface area contributed by atoms with Crippen LogP contribution in [0.15, 0.2) is 97.2 Å². The Bertz CT molecular complexity index is 1230. The zero-order chi connectivity index (χ0) is 20.5. The summed E-state index contributed by atoms with van der Waals surface area (Å²) < 4.78 is 1.85. The normalized spacial score (nSPS) is 15.4. The maximum absolute atomic E-state index is 12.2. The van der Waals surface area contributed by atoms with Gasteiger partial charge in [-0.3, -0.25) is 4.79 Å². The van der Waals surface area contributed by atoms with Crippen LogP contribution in [0.2, 0.25) is 0 Å². The molecule has 0 bridgehead atoms. The van der Waals surface area contributed by atoms with Crippen LogP contribution in [0, 0.1) is 0 Å². The van der Waals surface area contributed by atoms with Gasteiger partial charge in [-0.25, -0.2) is 4.68 Å². The van der Waals surface area contributed by atoms with E-state index in [-0.39, 0.29) is 6.04 Å². The summed E-state index contributed by atoms with van der Waals surface area (Å²) in [6, 6.07) is 27.2. The van der Waals surface area contributed by atoms with Crippen LogP contribution in [0.3, 0.4) is 0 Å². The predicted octanol–water partition coefficient (Wildman–Crippen LogP) is 5.84. The van der Waals surface area contributed by atoms with Crippen molar-refractivity contribution in [2.24, 2.45) is 0 Å². The van der Waals surface area contributed by atoms with Gasteiger partial charge in [-0.15, -0.1) is 0 Å². The molecule has 1 unspecified atom stereocenters. The zero-order valence-corrected chi connectivity index (χ0v) is 16.8. The summed E-state index contributed by atoms with van der Waals surface area (Å²) in [7, 11) is 0. The van der Waals surface area contributed by atoms with Gasteiger partial charge in [0.1, 0.15) is 0 Å². The monoisotopic (exact) mass is 411 g/mol. The van der Waals surface area contributed by atoms with Gasteiger partial charge in [0.15, 0.2) is 0 Å². The number of anilines is 1. The van der Waals surface area contributed by atoms with Crippen LogP contribution in [0.5, 0.6) is 0 Å². The molecule has 1 atom stereocenters. The van der Waals surface area contributed by atoms with E-state index in [2.05, 4.69) is 0 Å². The quantitative estimate of drug-likeness (QED) is 0.396. The predicted molar refractivity (Wildman–Crippen MR) is 121 cm³/mol. The van der Waals surface area contributed by atoms with Crippen molar-refractivity contribution in [3.8, 4) is 16.9 Å². The van der Waals surface area contributed by atoms with E-state index < -0.39 is 0 Å². The minimum Gasteiger partial charge on any atom is -0.303 e. The number of amides is 1. The number of rotatable bonds is 4. The maximum Gasteiger partial charge on any atom is 0.214 e. The summed E-state index contributed by atoms with van der Waals surface area (Å²) in [4.78, 5) is 13.9. The highest BCUT2D eigenvalue weighted by molar-refractivity contribution is 6.49. The SMILES string of the molecule is O=CN1c2ccccc2C(Cl)=CC1c1cn(-c2ccccc2)nc1-c1ccccc1. The molecule has 0 saturated carbocycles. The number of hydrogen-bond acceptors (Lipinski definition) is 2. The summed E-state index contributed by atoms with van der Waals surface area (Å²) in [5.74, 6) is 0. The zero-order valence-electron chi connectivity index (χ0n) is 16.0. The molecule has 1 aromatic heterocycles. The van der Waals surface area contributed by atoms with Gasteiger partial charge in [0.05, 0.1) is 23.1 Å². The van der Waals surface area contributed by atoms with Gasteiger partial charge >= 0.3 is 0 Å². The van der Waals surface area contributed by atoms with Crippen LogP contribution in [0.25, 0.3) is 22.0 Å². The molecule has 146 valence electrons. The highest BCUT2D eigenvalue weighted by Crippen LogP contribution is 2.43. The lowest BCUT2D eigenvalue weighted by molar-refractivity contribution is -0.107. The Labute approximate surface area is 179 Å². The molecular formula is C25H18ClN3O. The summed E-state index contributed by atoms with van der Waals surface area (Å²) >= 11 is 6.63. The Morgan fingerprint density at radius 1 is 0.867 bits per heavy atom. The minimum absolute atomic E-state index is 0.363. The van der Waals surface area contributed by atoms with E-state index in [1.165, 1.54) is 0 Å².